The first-order valence-electron chi connectivity index (χ1n) is 4.12. The third kappa shape index (κ3) is 2.07. The zero-order valence-electron chi connectivity index (χ0n) is 7.97. The molecule has 0 bridgehead atoms. The fourth-order valence-corrected chi connectivity index (χ4v) is 1.79. The van der Waals surface area contributed by atoms with Gasteiger partial charge >= 0.3 is 5.97 Å². The van der Waals surface area contributed by atoms with Gasteiger partial charge in [-0.05, 0) is 40.9 Å². The number of carboxylic acid groups (broad SMARTS) is 1. The topological polar surface area (TPSA) is 57.5 Å². The number of rotatable bonds is 2. The highest BCUT2D eigenvalue weighted by Crippen LogP contribution is 2.33. The van der Waals surface area contributed by atoms with E-state index in [2.05, 4.69) is 15.9 Å². The van der Waals surface area contributed by atoms with Crippen molar-refractivity contribution in [3.05, 3.63) is 27.2 Å². The van der Waals surface area contributed by atoms with Crippen LogP contribution in [0.25, 0.3) is 0 Å². The van der Waals surface area contributed by atoms with Crippen LogP contribution < -0.4 is 0 Å². The van der Waals surface area contributed by atoms with Crippen LogP contribution in [0.15, 0.2) is 10.5 Å². The molecule has 0 fully saturated rings. The second-order valence-electron chi connectivity index (χ2n) is 3.21. The molecule has 76 valence electrons. The minimum Gasteiger partial charge on any atom is -0.506 e. The number of hydrogen-bond acceptors (Lipinski definition) is 2. The van der Waals surface area contributed by atoms with Crippen LogP contribution in [-0.2, 0) is 11.2 Å². The van der Waals surface area contributed by atoms with Gasteiger partial charge in [0.05, 0.1) is 10.9 Å². The molecule has 0 atom stereocenters. The Kier molecular flexibility index (Phi) is 3.16. The highest BCUT2D eigenvalue weighted by Gasteiger charge is 2.12. The summed E-state index contributed by atoms with van der Waals surface area (Å²) in [4.78, 5) is 10.5. The summed E-state index contributed by atoms with van der Waals surface area (Å²) in [5, 5.41) is 18.3. The quantitative estimate of drug-likeness (QED) is 0.857. The lowest BCUT2D eigenvalue weighted by molar-refractivity contribution is -0.136. The Hall–Kier alpha value is -1.03. The van der Waals surface area contributed by atoms with Crippen molar-refractivity contribution in [2.24, 2.45) is 0 Å². The predicted octanol–water partition coefficient (Wildman–Crippen LogP) is 2.40. The molecule has 14 heavy (non-hydrogen) atoms. The smallest absolute Gasteiger partial charge is 0.307 e. The summed E-state index contributed by atoms with van der Waals surface area (Å²) in [6.07, 6.45) is -0.161. The van der Waals surface area contributed by atoms with Crippen LogP contribution in [0.5, 0.6) is 5.75 Å². The van der Waals surface area contributed by atoms with Crippen LogP contribution in [0.4, 0.5) is 0 Å². The van der Waals surface area contributed by atoms with Gasteiger partial charge in [-0.15, -0.1) is 0 Å². The largest absolute Gasteiger partial charge is 0.506 e. The highest BCUT2D eigenvalue weighted by molar-refractivity contribution is 9.10. The number of aryl methyl sites for hydroxylation is 1. The summed E-state index contributed by atoms with van der Waals surface area (Å²) in [5.41, 5.74) is 2.33. The molecule has 0 spiro atoms. The van der Waals surface area contributed by atoms with E-state index in [4.69, 9.17) is 5.11 Å². The molecule has 0 unspecified atom stereocenters. The normalized spacial score (nSPS) is 10.2. The molecule has 0 radical (unpaired) electrons. The second kappa shape index (κ2) is 4.00. The molecule has 1 aromatic rings. The van der Waals surface area contributed by atoms with Crippen LogP contribution in [0, 0.1) is 13.8 Å². The van der Waals surface area contributed by atoms with Crippen molar-refractivity contribution >= 4 is 21.9 Å². The Morgan fingerprint density at radius 3 is 2.57 bits per heavy atom. The molecule has 2 N–H and O–H groups in total. The number of aromatic hydroxyl groups is 1. The van der Waals surface area contributed by atoms with E-state index < -0.39 is 5.97 Å². The maximum absolute atomic E-state index is 10.5. The number of phenols is 1. The fraction of sp³-hybridized carbons (Fsp3) is 0.300. The molecule has 0 saturated carbocycles. The Balaban J connectivity index is 3.25. The van der Waals surface area contributed by atoms with Crippen LogP contribution in [0.3, 0.4) is 0 Å². The van der Waals surface area contributed by atoms with Crippen LogP contribution in [0.2, 0.25) is 0 Å². The lowest BCUT2D eigenvalue weighted by Gasteiger charge is -2.09. The molecule has 0 heterocycles. The van der Waals surface area contributed by atoms with Gasteiger partial charge in [-0.3, -0.25) is 4.79 Å². The third-order valence-corrected chi connectivity index (χ3v) is 3.14. The van der Waals surface area contributed by atoms with E-state index in [1.165, 1.54) is 0 Å². The van der Waals surface area contributed by atoms with Crippen molar-refractivity contribution in [3.63, 3.8) is 0 Å². The number of carbonyl (C=O) groups is 1. The zero-order valence-corrected chi connectivity index (χ0v) is 9.55. The minimum atomic E-state index is -0.949. The molecule has 0 aliphatic carbocycles. The van der Waals surface area contributed by atoms with Crippen molar-refractivity contribution in [2.75, 3.05) is 0 Å². The zero-order chi connectivity index (χ0) is 10.9. The number of phenolic OH excluding ortho intramolecular Hbond substituents is 1. The lowest BCUT2D eigenvalue weighted by Crippen LogP contribution is -2.01. The summed E-state index contributed by atoms with van der Waals surface area (Å²) in [6, 6.07) is 1.70. The first-order chi connectivity index (χ1) is 6.43. The maximum atomic E-state index is 10.5. The van der Waals surface area contributed by atoms with Gasteiger partial charge in [0.15, 0.2) is 0 Å². The highest BCUT2D eigenvalue weighted by atomic mass is 79.9. The standard InChI is InChI=1S/C10H11BrO3/c1-5-3-7(4-8(12)13)10(14)9(11)6(5)2/h3,14H,4H2,1-2H3,(H,12,13). The Morgan fingerprint density at radius 1 is 1.50 bits per heavy atom. The van der Waals surface area contributed by atoms with Crippen LogP contribution >= 0.6 is 15.9 Å². The van der Waals surface area contributed by atoms with E-state index in [-0.39, 0.29) is 12.2 Å². The van der Waals surface area contributed by atoms with E-state index in [1.54, 1.807) is 6.07 Å². The summed E-state index contributed by atoms with van der Waals surface area (Å²) in [6.45, 7) is 3.74. The summed E-state index contributed by atoms with van der Waals surface area (Å²) in [5.74, 6) is -0.925. The SMILES string of the molecule is Cc1cc(CC(=O)O)c(O)c(Br)c1C. The molecular formula is C10H11BrO3. The fourth-order valence-electron chi connectivity index (χ4n) is 1.23. The van der Waals surface area contributed by atoms with E-state index in [1.807, 2.05) is 13.8 Å². The summed E-state index contributed by atoms with van der Waals surface area (Å²) >= 11 is 3.23. The van der Waals surface area contributed by atoms with Gasteiger partial charge in [0, 0.05) is 5.56 Å². The summed E-state index contributed by atoms with van der Waals surface area (Å²) in [7, 11) is 0. The van der Waals surface area contributed by atoms with Gasteiger partial charge in [-0.25, -0.2) is 0 Å². The molecule has 0 amide bonds. The van der Waals surface area contributed by atoms with E-state index in [0.29, 0.717) is 10.0 Å². The van der Waals surface area contributed by atoms with Gasteiger partial charge in [0.1, 0.15) is 5.75 Å². The molecule has 1 rings (SSSR count). The monoisotopic (exact) mass is 258 g/mol. The van der Waals surface area contributed by atoms with Gasteiger partial charge in [-0.1, -0.05) is 6.07 Å². The van der Waals surface area contributed by atoms with Crippen molar-refractivity contribution in [3.8, 4) is 5.75 Å². The van der Waals surface area contributed by atoms with Gasteiger partial charge < -0.3 is 10.2 Å². The predicted molar refractivity (Wildman–Crippen MR) is 56.6 cm³/mol. The molecule has 1 aromatic carbocycles. The lowest BCUT2D eigenvalue weighted by atomic mass is 10.0. The average Bonchev–Trinajstić information content (AvgIpc) is 2.10. The first kappa shape index (κ1) is 11.0. The van der Waals surface area contributed by atoms with Gasteiger partial charge in [0.2, 0.25) is 0 Å². The van der Waals surface area contributed by atoms with E-state index in [9.17, 15) is 9.90 Å². The van der Waals surface area contributed by atoms with Crippen molar-refractivity contribution in [1.29, 1.82) is 0 Å². The summed E-state index contributed by atoms with van der Waals surface area (Å²) < 4.78 is 0.578. The maximum Gasteiger partial charge on any atom is 0.307 e. The van der Waals surface area contributed by atoms with E-state index in [0.717, 1.165) is 11.1 Å². The van der Waals surface area contributed by atoms with Gasteiger partial charge in [-0.2, -0.15) is 0 Å². The second-order valence-corrected chi connectivity index (χ2v) is 4.00. The minimum absolute atomic E-state index is 0.0236. The van der Waals surface area contributed by atoms with Gasteiger partial charge in [0.25, 0.3) is 0 Å². The average molecular weight is 259 g/mol. The number of halogens is 1. The van der Waals surface area contributed by atoms with Crippen molar-refractivity contribution < 1.29 is 15.0 Å². The number of benzene rings is 1. The van der Waals surface area contributed by atoms with Crippen molar-refractivity contribution in [1.82, 2.24) is 0 Å². The molecule has 4 heteroatoms. The molecule has 3 nitrogen and oxygen atoms in total. The number of aliphatic carboxylic acids is 1. The van der Waals surface area contributed by atoms with E-state index >= 15 is 0 Å². The number of carboxylic acids is 1. The molecule has 0 saturated heterocycles. The molecule has 0 aromatic heterocycles. The number of hydrogen-bond donors (Lipinski definition) is 2. The Morgan fingerprint density at radius 2 is 2.07 bits per heavy atom. The van der Waals surface area contributed by atoms with Crippen LogP contribution in [-0.4, -0.2) is 16.2 Å². The Bertz CT molecular complexity index is 385. The van der Waals surface area contributed by atoms with Crippen molar-refractivity contribution in [2.45, 2.75) is 20.3 Å². The molecular weight excluding hydrogens is 248 g/mol. The Labute approximate surface area is 90.5 Å². The first-order valence-corrected chi connectivity index (χ1v) is 4.92. The van der Waals surface area contributed by atoms with Crippen LogP contribution in [0.1, 0.15) is 16.7 Å². The molecule has 0 aliphatic heterocycles. The third-order valence-electron chi connectivity index (χ3n) is 2.17. The molecule has 0 aliphatic rings.